The van der Waals surface area contributed by atoms with Crippen molar-refractivity contribution in [3.05, 3.63) is 87.9 Å². The lowest BCUT2D eigenvalue weighted by molar-refractivity contribution is -0.139. The fourth-order valence-electron chi connectivity index (χ4n) is 4.07. The molecule has 7 nitrogen and oxygen atoms in total. The number of benzene rings is 2. The van der Waals surface area contributed by atoms with E-state index in [-0.39, 0.29) is 11.3 Å². The van der Waals surface area contributed by atoms with Gasteiger partial charge in [0, 0.05) is 31.0 Å². The third-order valence-corrected chi connectivity index (χ3v) is 6.51. The Bertz CT molecular complexity index is 1240. The molecule has 35 heavy (non-hydrogen) atoms. The number of carbonyl (C=O) groups is 2. The maximum Gasteiger partial charge on any atom is 0.295 e. The molecule has 4 rings (SSSR count). The summed E-state index contributed by atoms with van der Waals surface area (Å²) in [6.07, 6.45) is 6.66. The topological polar surface area (TPSA) is 84.7 Å². The van der Waals surface area contributed by atoms with E-state index in [0.29, 0.717) is 53.0 Å². The van der Waals surface area contributed by atoms with E-state index in [1.165, 1.54) is 4.90 Å². The van der Waals surface area contributed by atoms with Crippen molar-refractivity contribution in [2.45, 2.75) is 32.4 Å². The van der Waals surface area contributed by atoms with Crippen LogP contribution in [0.5, 0.6) is 5.75 Å². The van der Waals surface area contributed by atoms with Gasteiger partial charge in [-0.25, -0.2) is 4.98 Å². The minimum absolute atomic E-state index is 0.0123. The third-order valence-electron chi connectivity index (χ3n) is 5.77. The van der Waals surface area contributed by atoms with Crippen LogP contribution in [-0.4, -0.2) is 44.4 Å². The average Bonchev–Trinajstić information content (AvgIpc) is 3.47. The highest BCUT2D eigenvalue weighted by molar-refractivity contribution is 6.46. The molecule has 0 spiro atoms. The van der Waals surface area contributed by atoms with E-state index in [2.05, 4.69) is 4.98 Å². The molecule has 182 valence electrons. The highest BCUT2D eigenvalue weighted by atomic mass is 35.5. The van der Waals surface area contributed by atoms with Crippen LogP contribution in [0.3, 0.4) is 0 Å². The lowest BCUT2D eigenvalue weighted by Gasteiger charge is -2.25. The van der Waals surface area contributed by atoms with E-state index in [1.807, 2.05) is 17.7 Å². The van der Waals surface area contributed by atoms with Crippen molar-refractivity contribution in [1.82, 2.24) is 14.5 Å². The van der Waals surface area contributed by atoms with E-state index < -0.39 is 17.7 Å². The summed E-state index contributed by atoms with van der Waals surface area (Å²) in [6, 6.07) is 10.9. The van der Waals surface area contributed by atoms with Gasteiger partial charge in [-0.1, -0.05) is 36.2 Å². The van der Waals surface area contributed by atoms with Gasteiger partial charge >= 0.3 is 0 Å². The van der Waals surface area contributed by atoms with Crippen LogP contribution in [-0.2, 0) is 16.1 Å². The second kappa shape index (κ2) is 11.0. The van der Waals surface area contributed by atoms with Crippen LogP contribution >= 0.6 is 23.2 Å². The molecule has 1 N–H and O–H groups in total. The fourth-order valence-corrected chi connectivity index (χ4v) is 4.37. The first-order valence-electron chi connectivity index (χ1n) is 11.3. The molecule has 0 aliphatic carbocycles. The maximum absolute atomic E-state index is 13.2. The van der Waals surface area contributed by atoms with Gasteiger partial charge in [-0.05, 0) is 54.8 Å². The highest BCUT2D eigenvalue weighted by Gasteiger charge is 2.45. The Morgan fingerprint density at radius 2 is 1.86 bits per heavy atom. The number of Topliss-reactive ketones (excluding diaryl/α,β-unsaturated/α-hetero) is 1. The number of halogens is 2. The molecule has 0 saturated carbocycles. The Morgan fingerprint density at radius 1 is 1.09 bits per heavy atom. The second-order valence-corrected chi connectivity index (χ2v) is 9.01. The summed E-state index contributed by atoms with van der Waals surface area (Å²) in [5.74, 6) is -1.01. The van der Waals surface area contributed by atoms with Gasteiger partial charge in [0.1, 0.15) is 11.5 Å². The van der Waals surface area contributed by atoms with Crippen molar-refractivity contribution in [3.8, 4) is 5.75 Å². The molecular formula is C26H25Cl2N3O4. The Morgan fingerprint density at radius 3 is 2.51 bits per heavy atom. The maximum atomic E-state index is 13.2. The normalized spacial score (nSPS) is 17.2. The van der Waals surface area contributed by atoms with E-state index >= 15 is 0 Å². The summed E-state index contributed by atoms with van der Waals surface area (Å²) in [4.78, 5) is 31.7. The number of likely N-dealkylation sites (tertiary alicyclic amines) is 1. The number of amides is 1. The summed E-state index contributed by atoms with van der Waals surface area (Å²) in [6.45, 7) is 3.51. The number of ether oxygens (including phenoxy) is 1. The predicted molar refractivity (Wildman–Crippen MR) is 135 cm³/mol. The zero-order chi connectivity index (χ0) is 24.9. The zero-order valence-electron chi connectivity index (χ0n) is 19.2. The SMILES string of the molecule is CCCOc1ccc(/C(O)=C2\C(=O)C(=O)N(CCCn3ccnc3)[C@H]2c2ccc(Cl)c(Cl)c2)cc1. The van der Waals surface area contributed by atoms with Gasteiger partial charge in [-0.3, -0.25) is 9.59 Å². The monoisotopic (exact) mass is 513 g/mol. The lowest BCUT2D eigenvalue weighted by atomic mass is 9.95. The number of rotatable bonds is 9. The Balaban J connectivity index is 1.70. The molecule has 2 aromatic carbocycles. The number of carbonyl (C=O) groups excluding carboxylic acids is 2. The molecule has 9 heteroatoms. The standard InChI is InChI=1S/C26H25Cl2N3O4/c1-2-14-35-19-7-4-17(5-8-19)24(32)22-23(18-6-9-20(27)21(28)15-18)31(26(34)25(22)33)12-3-11-30-13-10-29-16-30/h4-10,13,15-16,23,32H,2-3,11-12,14H2,1H3/b24-22+/t23-/m0/s1. The van der Waals surface area contributed by atoms with E-state index in [9.17, 15) is 14.7 Å². The Kier molecular flexibility index (Phi) is 7.78. The van der Waals surface area contributed by atoms with E-state index in [0.717, 1.165) is 6.42 Å². The largest absolute Gasteiger partial charge is 0.507 e. The molecule has 1 fully saturated rings. The summed E-state index contributed by atoms with van der Waals surface area (Å²) in [5, 5.41) is 11.8. The first kappa shape index (κ1) is 24.8. The first-order chi connectivity index (χ1) is 16.9. The number of hydrogen-bond acceptors (Lipinski definition) is 5. The third kappa shape index (κ3) is 5.36. The van der Waals surface area contributed by atoms with Crippen molar-refractivity contribution in [3.63, 3.8) is 0 Å². The second-order valence-electron chi connectivity index (χ2n) is 8.19. The lowest BCUT2D eigenvalue weighted by Crippen LogP contribution is -2.31. The fraction of sp³-hybridized carbons (Fsp3) is 0.269. The average molecular weight is 514 g/mol. The Labute approximate surface area is 213 Å². The predicted octanol–water partition coefficient (Wildman–Crippen LogP) is 5.49. The van der Waals surface area contributed by atoms with Crippen LogP contribution < -0.4 is 4.74 Å². The van der Waals surface area contributed by atoms with Crippen molar-refractivity contribution in [2.75, 3.05) is 13.2 Å². The molecule has 3 aromatic rings. The molecule has 1 saturated heterocycles. The van der Waals surface area contributed by atoms with Gasteiger partial charge in [0.15, 0.2) is 0 Å². The number of ketones is 1. The van der Waals surface area contributed by atoms with Crippen LogP contribution in [0.15, 0.2) is 66.8 Å². The number of aliphatic hydroxyl groups is 1. The molecule has 1 aliphatic heterocycles. The van der Waals surface area contributed by atoms with Gasteiger partial charge in [0.05, 0.1) is 34.6 Å². The van der Waals surface area contributed by atoms with Crippen LogP contribution in [0, 0.1) is 0 Å². The minimum atomic E-state index is -0.802. The van der Waals surface area contributed by atoms with Gasteiger partial charge in [0.25, 0.3) is 11.7 Å². The summed E-state index contributed by atoms with van der Waals surface area (Å²) in [7, 11) is 0. The van der Waals surface area contributed by atoms with Gasteiger partial charge in [-0.15, -0.1) is 0 Å². The molecular weight excluding hydrogens is 489 g/mol. The smallest absolute Gasteiger partial charge is 0.295 e. The summed E-state index contributed by atoms with van der Waals surface area (Å²) < 4.78 is 7.50. The summed E-state index contributed by atoms with van der Waals surface area (Å²) in [5.41, 5.74) is 1.01. The van der Waals surface area contributed by atoms with Crippen LogP contribution in [0.4, 0.5) is 0 Å². The quantitative estimate of drug-likeness (QED) is 0.232. The molecule has 0 radical (unpaired) electrons. The molecule has 1 amide bonds. The van der Waals surface area contributed by atoms with Gasteiger partial charge < -0.3 is 19.3 Å². The van der Waals surface area contributed by atoms with Crippen molar-refractivity contribution >= 4 is 40.7 Å². The van der Waals surface area contributed by atoms with Gasteiger partial charge in [0.2, 0.25) is 0 Å². The van der Waals surface area contributed by atoms with Crippen LogP contribution in [0.25, 0.3) is 5.76 Å². The van der Waals surface area contributed by atoms with Crippen molar-refractivity contribution in [1.29, 1.82) is 0 Å². The molecule has 0 bridgehead atoms. The number of aryl methyl sites for hydroxylation is 1. The minimum Gasteiger partial charge on any atom is -0.507 e. The van der Waals surface area contributed by atoms with Crippen LogP contribution in [0.1, 0.15) is 36.9 Å². The van der Waals surface area contributed by atoms with Crippen molar-refractivity contribution in [2.24, 2.45) is 0 Å². The van der Waals surface area contributed by atoms with Crippen LogP contribution in [0.2, 0.25) is 10.0 Å². The number of nitrogens with zero attached hydrogens (tertiary/aromatic N) is 3. The molecule has 2 heterocycles. The molecule has 1 atom stereocenters. The first-order valence-corrected chi connectivity index (χ1v) is 12.1. The van der Waals surface area contributed by atoms with Crippen molar-refractivity contribution < 1.29 is 19.4 Å². The number of aliphatic hydroxyl groups excluding tert-OH is 1. The Hall–Kier alpha value is -3.29. The summed E-state index contributed by atoms with van der Waals surface area (Å²) >= 11 is 12.4. The number of hydrogen-bond donors (Lipinski definition) is 1. The molecule has 1 aliphatic rings. The van der Waals surface area contributed by atoms with Gasteiger partial charge in [-0.2, -0.15) is 0 Å². The van der Waals surface area contributed by atoms with E-state index in [4.69, 9.17) is 27.9 Å². The molecule has 1 aromatic heterocycles. The molecule has 0 unspecified atom stereocenters. The number of aromatic nitrogens is 2. The highest BCUT2D eigenvalue weighted by Crippen LogP contribution is 2.41. The van der Waals surface area contributed by atoms with E-state index in [1.54, 1.807) is 55.0 Å². The zero-order valence-corrected chi connectivity index (χ0v) is 20.7. The number of imidazole rings is 1.